The van der Waals surface area contributed by atoms with Crippen molar-refractivity contribution < 1.29 is 18.3 Å². The number of hydrogen-bond acceptors (Lipinski definition) is 8. The first-order valence-electron chi connectivity index (χ1n) is 11.7. The molecule has 10 nitrogen and oxygen atoms in total. The van der Waals surface area contributed by atoms with Crippen LogP contribution < -0.4 is 15.4 Å². The lowest BCUT2D eigenvalue weighted by Crippen LogP contribution is -2.41. The van der Waals surface area contributed by atoms with E-state index in [4.69, 9.17) is 15.2 Å². The summed E-state index contributed by atoms with van der Waals surface area (Å²) < 4.78 is 43.2. The normalized spacial score (nSPS) is 21.7. The molecule has 2 atom stereocenters. The minimum atomic E-state index is -1.05. The third kappa shape index (κ3) is 3.91. The molecule has 12 heteroatoms. The quantitative estimate of drug-likeness (QED) is 0.471. The first-order chi connectivity index (χ1) is 17.0. The summed E-state index contributed by atoms with van der Waals surface area (Å²) >= 11 is 0. The van der Waals surface area contributed by atoms with E-state index in [2.05, 4.69) is 20.2 Å². The van der Waals surface area contributed by atoms with Crippen LogP contribution in [-0.2, 0) is 4.74 Å². The number of nitrogens with zero attached hydrogens (tertiary/aromatic N) is 7. The van der Waals surface area contributed by atoms with Crippen molar-refractivity contribution >= 4 is 28.2 Å². The molecule has 184 valence electrons. The minimum absolute atomic E-state index is 0.0676. The fourth-order valence-corrected chi connectivity index (χ4v) is 5.05. The molecule has 3 aromatic heterocycles. The van der Waals surface area contributed by atoms with Crippen LogP contribution in [0.15, 0.2) is 24.5 Å². The zero-order valence-electron chi connectivity index (χ0n) is 19.3. The topological polar surface area (TPSA) is 109 Å². The van der Waals surface area contributed by atoms with Crippen molar-refractivity contribution in [3.8, 4) is 5.75 Å². The van der Waals surface area contributed by atoms with E-state index in [0.717, 1.165) is 31.7 Å². The van der Waals surface area contributed by atoms with Crippen molar-refractivity contribution in [3.05, 3.63) is 36.2 Å². The molecule has 0 radical (unpaired) electrons. The summed E-state index contributed by atoms with van der Waals surface area (Å²) in [7, 11) is 1.39. The smallest absolute Gasteiger partial charge is 0.223 e. The molecular weight excluding hydrogens is 458 g/mol. The molecule has 0 spiro atoms. The summed E-state index contributed by atoms with van der Waals surface area (Å²) in [5, 5.41) is 9.52. The number of methoxy groups -OCH3 is 1. The van der Waals surface area contributed by atoms with E-state index >= 15 is 0 Å². The lowest BCUT2D eigenvalue weighted by Gasteiger charge is -2.34. The van der Waals surface area contributed by atoms with Crippen molar-refractivity contribution in [2.45, 2.75) is 37.4 Å². The molecule has 2 aliphatic heterocycles. The Morgan fingerprint density at radius 2 is 2.00 bits per heavy atom. The van der Waals surface area contributed by atoms with E-state index in [1.54, 1.807) is 6.20 Å². The first kappa shape index (κ1) is 22.0. The predicted molar refractivity (Wildman–Crippen MR) is 125 cm³/mol. The Morgan fingerprint density at radius 1 is 1.17 bits per heavy atom. The Bertz CT molecular complexity index is 1380. The fraction of sp³-hybridized carbons (Fsp3) is 0.478. The van der Waals surface area contributed by atoms with Gasteiger partial charge in [-0.15, -0.1) is 5.10 Å². The van der Waals surface area contributed by atoms with Crippen LogP contribution in [0.4, 0.5) is 20.4 Å². The fourth-order valence-electron chi connectivity index (χ4n) is 5.05. The molecule has 0 saturated carbocycles. The molecule has 4 aromatic rings. The number of anilines is 2. The van der Waals surface area contributed by atoms with Crippen LogP contribution in [0.1, 0.15) is 37.0 Å². The van der Waals surface area contributed by atoms with E-state index < -0.39 is 12.0 Å². The Kier molecular flexibility index (Phi) is 5.39. The second-order valence-electron chi connectivity index (χ2n) is 9.14. The molecule has 0 amide bonds. The standard InChI is InChI=1S/C23H26F2N8O2/c1-34-20-8-19-17(7-18(20)25)22-29-21(30-33(22)23(26)28-19)13-6-14(24)11-31(10-13)16-9-27-32(12-16)15-2-4-35-5-3-15/h7-9,12-15H,2-6,10-11H2,1H3,(H2,26,28)/t13-,14+/m1/s1. The Balaban J connectivity index is 1.32. The van der Waals surface area contributed by atoms with Crippen LogP contribution in [0.2, 0.25) is 0 Å². The number of ether oxygens (including phenoxy) is 2. The Morgan fingerprint density at radius 3 is 2.80 bits per heavy atom. The number of nitrogens with two attached hydrogens (primary N) is 1. The summed E-state index contributed by atoms with van der Waals surface area (Å²) in [6, 6.07) is 3.08. The second kappa shape index (κ2) is 8.59. The lowest BCUT2D eigenvalue weighted by molar-refractivity contribution is 0.0662. The number of piperidine rings is 1. The molecule has 2 aliphatic rings. The van der Waals surface area contributed by atoms with E-state index in [1.807, 2.05) is 15.8 Å². The van der Waals surface area contributed by atoms with Crippen LogP contribution in [0.5, 0.6) is 5.75 Å². The molecule has 0 unspecified atom stereocenters. The second-order valence-corrected chi connectivity index (χ2v) is 9.14. The first-order valence-corrected chi connectivity index (χ1v) is 11.7. The highest BCUT2D eigenvalue weighted by atomic mass is 19.1. The largest absolute Gasteiger partial charge is 0.494 e. The summed E-state index contributed by atoms with van der Waals surface area (Å²) in [5.41, 5.74) is 7.82. The van der Waals surface area contributed by atoms with Gasteiger partial charge < -0.3 is 20.1 Å². The van der Waals surface area contributed by atoms with Gasteiger partial charge >= 0.3 is 0 Å². The zero-order valence-corrected chi connectivity index (χ0v) is 19.3. The van der Waals surface area contributed by atoms with Gasteiger partial charge in [-0.25, -0.2) is 18.7 Å². The maximum Gasteiger partial charge on any atom is 0.223 e. The molecule has 35 heavy (non-hydrogen) atoms. The van der Waals surface area contributed by atoms with E-state index in [1.165, 1.54) is 23.8 Å². The van der Waals surface area contributed by atoms with Crippen molar-refractivity contribution in [1.82, 2.24) is 29.4 Å². The van der Waals surface area contributed by atoms with Crippen molar-refractivity contribution in [3.63, 3.8) is 0 Å². The van der Waals surface area contributed by atoms with Crippen LogP contribution >= 0.6 is 0 Å². The van der Waals surface area contributed by atoms with Gasteiger partial charge in [0.25, 0.3) is 0 Å². The highest BCUT2D eigenvalue weighted by Gasteiger charge is 2.32. The maximum absolute atomic E-state index is 14.9. The average molecular weight is 485 g/mol. The third-order valence-corrected chi connectivity index (χ3v) is 6.87. The van der Waals surface area contributed by atoms with E-state index in [-0.39, 0.29) is 30.6 Å². The van der Waals surface area contributed by atoms with E-state index in [0.29, 0.717) is 35.0 Å². The molecule has 2 N–H and O–H groups in total. The molecule has 1 aromatic carbocycles. The van der Waals surface area contributed by atoms with Gasteiger partial charge in [0.05, 0.1) is 30.6 Å². The van der Waals surface area contributed by atoms with Crippen LogP contribution in [0.25, 0.3) is 16.6 Å². The summed E-state index contributed by atoms with van der Waals surface area (Å²) in [4.78, 5) is 11.0. The van der Waals surface area contributed by atoms with Gasteiger partial charge in [0, 0.05) is 49.9 Å². The highest BCUT2D eigenvalue weighted by molar-refractivity contribution is 5.93. The van der Waals surface area contributed by atoms with Gasteiger partial charge in [0.2, 0.25) is 5.95 Å². The predicted octanol–water partition coefficient (Wildman–Crippen LogP) is 2.89. The number of nitrogen functional groups attached to an aromatic ring is 1. The highest BCUT2D eigenvalue weighted by Crippen LogP contribution is 2.33. The van der Waals surface area contributed by atoms with Gasteiger partial charge in [0.15, 0.2) is 23.0 Å². The average Bonchev–Trinajstić information content (AvgIpc) is 3.53. The Labute approximate surface area is 199 Å². The zero-order chi connectivity index (χ0) is 24.1. The monoisotopic (exact) mass is 484 g/mol. The number of hydrogen-bond donors (Lipinski definition) is 1. The maximum atomic E-state index is 14.9. The molecule has 5 heterocycles. The molecule has 2 fully saturated rings. The van der Waals surface area contributed by atoms with Crippen LogP contribution in [0, 0.1) is 5.82 Å². The number of benzene rings is 1. The third-order valence-electron chi connectivity index (χ3n) is 6.87. The van der Waals surface area contributed by atoms with Gasteiger partial charge in [-0.1, -0.05) is 0 Å². The number of rotatable bonds is 4. The van der Waals surface area contributed by atoms with Crippen molar-refractivity contribution in [2.75, 3.05) is 44.0 Å². The summed E-state index contributed by atoms with van der Waals surface area (Å²) in [6.45, 7) is 2.26. The van der Waals surface area contributed by atoms with Gasteiger partial charge in [-0.2, -0.15) is 9.61 Å². The lowest BCUT2D eigenvalue weighted by atomic mass is 9.96. The molecule has 2 saturated heterocycles. The minimum Gasteiger partial charge on any atom is -0.494 e. The van der Waals surface area contributed by atoms with Gasteiger partial charge in [-0.3, -0.25) is 4.68 Å². The van der Waals surface area contributed by atoms with Gasteiger partial charge in [-0.05, 0) is 25.3 Å². The van der Waals surface area contributed by atoms with Crippen molar-refractivity contribution in [2.24, 2.45) is 0 Å². The van der Waals surface area contributed by atoms with Gasteiger partial charge in [0.1, 0.15) is 6.17 Å². The Hall–Kier alpha value is -3.54. The van der Waals surface area contributed by atoms with Crippen molar-refractivity contribution in [1.29, 1.82) is 0 Å². The number of aromatic nitrogens is 6. The molecule has 0 bridgehead atoms. The molecule has 0 aliphatic carbocycles. The SMILES string of the molecule is COc1cc2nc(N)n3nc([C@@H]4C[C@H](F)CN(c5cnn(C6CCOCC6)c5)C4)nc3c2cc1F. The summed E-state index contributed by atoms with van der Waals surface area (Å²) in [5.74, 6) is -0.179. The number of alkyl halides is 1. The van der Waals surface area contributed by atoms with Crippen LogP contribution in [-0.4, -0.2) is 68.9 Å². The number of halogens is 2. The number of fused-ring (bicyclic) bond motifs is 3. The van der Waals surface area contributed by atoms with E-state index in [9.17, 15) is 8.78 Å². The molecule has 6 rings (SSSR count). The van der Waals surface area contributed by atoms with Crippen LogP contribution in [0.3, 0.4) is 0 Å². The summed E-state index contributed by atoms with van der Waals surface area (Å²) in [6.07, 6.45) is 4.82. The molecular formula is C23H26F2N8O2.